The van der Waals surface area contributed by atoms with Crippen molar-refractivity contribution in [1.29, 1.82) is 0 Å². The van der Waals surface area contributed by atoms with E-state index in [1.54, 1.807) is 38.4 Å². The van der Waals surface area contributed by atoms with Crippen molar-refractivity contribution >= 4 is 11.8 Å². The highest BCUT2D eigenvalue weighted by atomic mass is 19.4. The molecule has 0 aromatic heterocycles. The molecule has 2 rings (SSSR count). The van der Waals surface area contributed by atoms with Gasteiger partial charge in [-0.1, -0.05) is 17.9 Å². The second kappa shape index (κ2) is 8.41. The van der Waals surface area contributed by atoms with Crippen LogP contribution in [0.4, 0.5) is 13.2 Å². The van der Waals surface area contributed by atoms with Crippen molar-refractivity contribution in [1.82, 2.24) is 10.2 Å². The molecular formula is C20H17F3N2O2. The van der Waals surface area contributed by atoms with Crippen LogP contribution in [0, 0.1) is 11.8 Å². The fraction of sp³-hybridized carbons (Fsp3) is 0.200. The van der Waals surface area contributed by atoms with Gasteiger partial charge in [0.05, 0.1) is 12.1 Å². The van der Waals surface area contributed by atoms with Gasteiger partial charge in [0.1, 0.15) is 0 Å². The first-order chi connectivity index (χ1) is 12.7. The third-order valence-corrected chi connectivity index (χ3v) is 3.56. The van der Waals surface area contributed by atoms with E-state index in [-0.39, 0.29) is 18.0 Å². The highest BCUT2D eigenvalue weighted by molar-refractivity contribution is 5.94. The molecule has 140 valence electrons. The van der Waals surface area contributed by atoms with Crippen molar-refractivity contribution < 1.29 is 22.8 Å². The number of benzene rings is 2. The molecule has 0 saturated heterocycles. The van der Waals surface area contributed by atoms with E-state index in [1.165, 1.54) is 17.0 Å². The van der Waals surface area contributed by atoms with Crippen molar-refractivity contribution in [3.63, 3.8) is 0 Å². The molecule has 2 aromatic rings. The van der Waals surface area contributed by atoms with Crippen LogP contribution in [-0.4, -0.2) is 37.4 Å². The van der Waals surface area contributed by atoms with Gasteiger partial charge in [-0.05, 0) is 42.5 Å². The van der Waals surface area contributed by atoms with Gasteiger partial charge in [0, 0.05) is 30.8 Å². The normalized spacial score (nSPS) is 10.6. The Labute approximate surface area is 155 Å². The Balaban J connectivity index is 1.95. The first-order valence-electron chi connectivity index (χ1n) is 7.94. The summed E-state index contributed by atoms with van der Waals surface area (Å²) >= 11 is 0. The second-order valence-electron chi connectivity index (χ2n) is 5.84. The molecule has 7 heteroatoms. The standard InChI is InChI=1S/C20H17F3N2O2/c1-25(2)19(27)15-10-8-14(9-11-15)5-4-12-24-18(26)16-6-3-7-17(13-16)20(21,22)23/h3,6-11,13H,12H2,1-2H3,(H,24,26). The summed E-state index contributed by atoms with van der Waals surface area (Å²) in [7, 11) is 3.31. The summed E-state index contributed by atoms with van der Waals surface area (Å²) in [6.07, 6.45) is -4.50. The van der Waals surface area contributed by atoms with Crippen LogP contribution in [0.1, 0.15) is 31.8 Å². The fourth-order valence-corrected chi connectivity index (χ4v) is 2.16. The summed E-state index contributed by atoms with van der Waals surface area (Å²) in [5.74, 6) is 4.77. The van der Waals surface area contributed by atoms with E-state index in [0.29, 0.717) is 11.1 Å². The average Bonchev–Trinajstić information content (AvgIpc) is 2.64. The predicted octanol–water partition coefficient (Wildman–Crippen LogP) is 3.19. The molecule has 0 spiro atoms. The molecule has 0 aliphatic heterocycles. The van der Waals surface area contributed by atoms with Gasteiger partial charge >= 0.3 is 6.18 Å². The van der Waals surface area contributed by atoms with Crippen LogP contribution in [0.2, 0.25) is 0 Å². The van der Waals surface area contributed by atoms with Crippen molar-refractivity contribution in [3.8, 4) is 11.8 Å². The van der Waals surface area contributed by atoms with Crippen LogP contribution in [0.15, 0.2) is 48.5 Å². The first kappa shape index (κ1) is 20.0. The van der Waals surface area contributed by atoms with E-state index in [4.69, 9.17) is 0 Å². The molecule has 1 N–H and O–H groups in total. The maximum Gasteiger partial charge on any atom is 0.416 e. The van der Waals surface area contributed by atoms with Gasteiger partial charge in [0.15, 0.2) is 0 Å². The largest absolute Gasteiger partial charge is 0.416 e. The van der Waals surface area contributed by atoms with Crippen molar-refractivity contribution in [2.75, 3.05) is 20.6 Å². The highest BCUT2D eigenvalue weighted by Gasteiger charge is 2.30. The zero-order valence-corrected chi connectivity index (χ0v) is 14.7. The number of hydrogen-bond acceptors (Lipinski definition) is 2. The van der Waals surface area contributed by atoms with Crippen LogP contribution >= 0.6 is 0 Å². The summed E-state index contributed by atoms with van der Waals surface area (Å²) in [5, 5.41) is 2.45. The number of halogens is 3. The molecule has 27 heavy (non-hydrogen) atoms. The molecule has 2 aromatic carbocycles. The molecule has 0 heterocycles. The van der Waals surface area contributed by atoms with Gasteiger partial charge in [-0.25, -0.2) is 0 Å². The van der Waals surface area contributed by atoms with E-state index in [9.17, 15) is 22.8 Å². The summed E-state index contributed by atoms with van der Waals surface area (Å²) in [6.45, 7) is -0.0204. The second-order valence-corrected chi connectivity index (χ2v) is 5.84. The van der Waals surface area contributed by atoms with E-state index in [0.717, 1.165) is 12.1 Å². The number of hydrogen-bond donors (Lipinski definition) is 1. The summed E-state index contributed by atoms with van der Waals surface area (Å²) in [6, 6.07) is 10.8. The Morgan fingerprint density at radius 1 is 1.04 bits per heavy atom. The quantitative estimate of drug-likeness (QED) is 0.839. The number of alkyl halides is 3. The summed E-state index contributed by atoms with van der Waals surface area (Å²) in [4.78, 5) is 25.2. The zero-order chi connectivity index (χ0) is 20.0. The molecular weight excluding hydrogens is 357 g/mol. The molecule has 0 aliphatic rings. The molecule has 0 unspecified atom stereocenters. The topological polar surface area (TPSA) is 49.4 Å². The van der Waals surface area contributed by atoms with E-state index >= 15 is 0 Å². The Hall–Kier alpha value is -3.27. The SMILES string of the molecule is CN(C)C(=O)c1ccc(C#CCNC(=O)c2cccc(C(F)(F)F)c2)cc1. The summed E-state index contributed by atoms with van der Waals surface area (Å²) < 4.78 is 38.0. The number of carbonyl (C=O) groups is 2. The third-order valence-electron chi connectivity index (χ3n) is 3.56. The van der Waals surface area contributed by atoms with Gasteiger partial charge in [-0.15, -0.1) is 0 Å². The fourth-order valence-electron chi connectivity index (χ4n) is 2.16. The van der Waals surface area contributed by atoms with Crippen LogP contribution < -0.4 is 5.32 Å². The number of amides is 2. The lowest BCUT2D eigenvalue weighted by molar-refractivity contribution is -0.137. The molecule has 2 amide bonds. The molecule has 0 aliphatic carbocycles. The van der Waals surface area contributed by atoms with Crippen molar-refractivity contribution in [2.45, 2.75) is 6.18 Å². The van der Waals surface area contributed by atoms with E-state index in [1.807, 2.05) is 0 Å². The smallest absolute Gasteiger partial charge is 0.345 e. The maximum atomic E-state index is 12.7. The minimum atomic E-state index is -4.50. The Morgan fingerprint density at radius 2 is 1.70 bits per heavy atom. The maximum absolute atomic E-state index is 12.7. The number of carbonyl (C=O) groups excluding carboxylic acids is 2. The van der Waals surface area contributed by atoms with Crippen LogP contribution in [0.25, 0.3) is 0 Å². The molecule has 0 saturated carbocycles. The first-order valence-corrected chi connectivity index (χ1v) is 7.94. The van der Waals surface area contributed by atoms with Gasteiger partial charge in [0.2, 0.25) is 0 Å². The monoisotopic (exact) mass is 374 g/mol. The molecule has 0 atom stereocenters. The minimum absolute atomic E-state index is 0.0204. The number of nitrogens with zero attached hydrogens (tertiary/aromatic N) is 1. The molecule has 0 bridgehead atoms. The Kier molecular flexibility index (Phi) is 6.24. The predicted molar refractivity (Wildman–Crippen MR) is 95.1 cm³/mol. The summed E-state index contributed by atoms with van der Waals surface area (Å²) in [5.41, 5.74) is 0.216. The van der Waals surface area contributed by atoms with Gasteiger partial charge in [-0.3, -0.25) is 9.59 Å². The Morgan fingerprint density at radius 3 is 2.30 bits per heavy atom. The zero-order valence-electron chi connectivity index (χ0n) is 14.7. The molecule has 0 radical (unpaired) electrons. The minimum Gasteiger partial charge on any atom is -0.345 e. The lowest BCUT2D eigenvalue weighted by Gasteiger charge is -2.09. The van der Waals surface area contributed by atoms with Gasteiger partial charge in [0.25, 0.3) is 11.8 Å². The third kappa shape index (κ3) is 5.61. The molecule has 0 fully saturated rings. The van der Waals surface area contributed by atoms with Crippen molar-refractivity contribution in [3.05, 3.63) is 70.8 Å². The average molecular weight is 374 g/mol. The van der Waals surface area contributed by atoms with Crippen LogP contribution in [-0.2, 0) is 6.18 Å². The van der Waals surface area contributed by atoms with Gasteiger partial charge in [-0.2, -0.15) is 13.2 Å². The lowest BCUT2D eigenvalue weighted by atomic mass is 10.1. The van der Waals surface area contributed by atoms with E-state index < -0.39 is 17.6 Å². The van der Waals surface area contributed by atoms with Gasteiger partial charge < -0.3 is 10.2 Å². The number of rotatable bonds is 3. The highest BCUT2D eigenvalue weighted by Crippen LogP contribution is 2.29. The van der Waals surface area contributed by atoms with Crippen LogP contribution in [0.3, 0.4) is 0 Å². The molecule has 4 nitrogen and oxygen atoms in total. The Bertz CT molecular complexity index is 892. The van der Waals surface area contributed by atoms with E-state index in [2.05, 4.69) is 17.2 Å². The van der Waals surface area contributed by atoms with Crippen LogP contribution in [0.5, 0.6) is 0 Å². The van der Waals surface area contributed by atoms with Crippen molar-refractivity contribution in [2.24, 2.45) is 0 Å². The lowest BCUT2D eigenvalue weighted by Crippen LogP contribution is -2.24. The number of nitrogens with one attached hydrogen (secondary N) is 1.